The zero-order valence-corrected chi connectivity index (χ0v) is 14.1. The number of halogens is 1. The van der Waals surface area contributed by atoms with Crippen molar-refractivity contribution in [2.45, 2.75) is 0 Å². The molecule has 0 spiro atoms. The minimum atomic E-state index is -0.834. The van der Waals surface area contributed by atoms with E-state index >= 15 is 0 Å². The molecule has 2 aliphatic heterocycles. The van der Waals surface area contributed by atoms with Gasteiger partial charge in [-0.25, -0.2) is 4.79 Å². The zero-order valence-electron chi connectivity index (χ0n) is 13.4. The first-order valence-corrected chi connectivity index (χ1v) is 8.20. The van der Waals surface area contributed by atoms with Gasteiger partial charge in [0.2, 0.25) is 11.8 Å². The fourth-order valence-corrected chi connectivity index (χ4v) is 3.27. The van der Waals surface area contributed by atoms with Crippen LogP contribution in [0.5, 0.6) is 0 Å². The first-order valence-electron chi connectivity index (χ1n) is 7.82. The van der Waals surface area contributed by atoms with Crippen molar-refractivity contribution in [2.75, 3.05) is 44.7 Å². The summed E-state index contributed by atoms with van der Waals surface area (Å²) in [6.07, 6.45) is 0. The molecular formula is C16H19ClN4O3. The van der Waals surface area contributed by atoms with E-state index in [1.807, 2.05) is 24.3 Å². The normalized spacial score (nSPS) is 21.8. The Bertz CT molecular complexity index is 673. The molecule has 2 fully saturated rings. The summed E-state index contributed by atoms with van der Waals surface area (Å²) in [5, 5.41) is 3.25. The van der Waals surface area contributed by atoms with Crippen LogP contribution in [-0.2, 0) is 9.59 Å². The maximum absolute atomic E-state index is 12.6. The maximum Gasteiger partial charge on any atom is 0.323 e. The quantitative estimate of drug-likeness (QED) is 0.800. The molecule has 2 heterocycles. The minimum absolute atomic E-state index is 0.0611. The molecular weight excluding hydrogens is 332 g/mol. The summed E-state index contributed by atoms with van der Waals surface area (Å²) in [6, 6.07) is 7.14. The van der Waals surface area contributed by atoms with Crippen molar-refractivity contribution in [2.24, 2.45) is 5.92 Å². The highest BCUT2D eigenvalue weighted by Crippen LogP contribution is 2.26. The maximum atomic E-state index is 12.6. The standard InChI is InChI=1S/C16H19ClN4O3/c1-19-14(22)11(10-18-16(19)24)15(23)21-8-6-20(7-9-21)13-5-3-2-4-12(13)17/h2-5,11H,6-10H2,1H3,(H,18,24). The lowest BCUT2D eigenvalue weighted by Crippen LogP contribution is -2.59. The lowest BCUT2D eigenvalue weighted by atomic mass is 10.0. The summed E-state index contributed by atoms with van der Waals surface area (Å²) < 4.78 is 0. The fraction of sp³-hybridized carbons (Fsp3) is 0.438. The van der Waals surface area contributed by atoms with E-state index in [0.717, 1.165) is 10.6 Å². The lowest BCUT2D eigenvalue weighted by molar-refractivity contribution is -0.146. The van der Waals surface area contributed by atoms with Gasteiger partial charge in [-0.2, -0.15) is 0 Å². The summed E-state index contributed by atoms with van der Waals surface area (Å²) in [5.74, 6) is -1.51. The van der Waals surface area contributed by atoms with Gasteiger partial charge in [0.1, 0.15) is 5.92 Å². The van der Waals surface area contributed by atoms with Crippen molar-refractivity contribution in [3.63, 3.8) is 0 Å². The SMILES string of the molecule is CN1C(=O)NCC(C(=O)N2CCN(c3ccccc3Cl)CC2)C1=O. The van der Waals surface area contributed by atoms with E-state index < -0.39 is 17.9 Å². The number of urea groups is 1. The van der Waals surface area contributed by atoms with Gasteiger partial charge in [-0.3, -0.25) is 14.5 Å². The van der Waals surface area contributed by atoms with Crippen LogP contribution in [0, 0.1) is 5.92 Å². The number of hydrogen-bond donors (Lipinski definition) is 1. The highest BCUT2D eigenvalue weighted by atomic mass is 35.5. The second-order valence-corrected chi connectivity index (χ2v) is 6.31. The molecule has 7 nitrogen and oxygen atoms in total. The molecule has 0 aromatic heterocycles. The Morgan fingerprint density at radius 1 is 1.17 bits per heavy atom. The van der Waals surface area contributed by atoms with Crippen molar-refractivity contribution < 1.29 is 14.4 Å². The van der Waals surface area contributed by atoms with Gasteiger partial charge in [-0.05, 0) is 12.1 Å². The molecule has 2 aliphatic rings. The third-order valence-electron chi connectivity index (χ3n) is 4.47. The van der Waals surface area contributed by atoms with Crippen LogP contribution in [0.25, 0.3) is 0 Å². The van der Waals surface area contributed by atoms with Crippen molar-refractivity contribution in [3.05, 3.63) is 29.3 Å². The number of carbonyl (C=O) groups is 3. The number of rotatable bonds is 2. The number of carbonyl (C=O) groups excluding carboxylic acids is 3. The molecule has 1 unspecified atom stereocenters. The Kier molecular flexibility index (Phi) is 4.62. The Balaban J connectivity index is 1.62. The van der Waals surface area contributed by atoms with Gasteiger partial charge >= 0.3 is 6.03 Å². The molecule has 0 saturated carbocycles. The molecule has 4 amide bonds. The van der Waals surface area contributed by atoms with Crippen LogP contribution >= 0.6 is 11.6 Å². The van der Waals surface area contributed by atoms with Crippen LogP contribution in [-0.4, -0.2) is 67.4 Å². The van der Waals surface area contributed by atoms with Crippen LogP contribution < -0.4 is 10.2 Å². The first-order chi connectivity index (χ1) is 11.5. The van der Waals surface area contributed by atoms with Crippen molar-refractivity contribution in [1.29, 1.82) is 0 Å². The van der Waals surface area contributed by atoms with Gasteiger partial charge in [-0.15, -0.1) is 0 Å². The predicted octanol–water partition coefficient (Wildman–Crippen LogP) is 0.786. The van der Waals surface area contributed by atoms with E-state index in [-0.39, 0.29) is 12.5 Å². The highest BCUT2D eigenvalue weighted by Gasteiger charge is 2.39. The average Bonchev–Trinajstić information content (AvgIpc) is 2.60. The number of hydrogen-bond acceptors (Lipinski definition) is 4. The van der Waals surface area contributed by atoms with E-state index in [4.69, 9.17) is 11.6 Å². The molecule has 1 aromatic carbocycles. The fourth-order valence-electron chi connectivity index (χ4n) is 3.02. The summed E-state index contributed by atoms with van der Waals surface area (Å²) >= 11 is 6.21. The number of imide groups is 1. The third-order valence-corrected chi connectivity index (χ3v) is 4.79. The molecule has 2 saturated heterocycles. The first kappa shape index (κ1) is 16.6. The van der Waals surface area contributed by atoms with E-state index in [1.54, 1.807) is 4.90 Å². The van der Waals surface area contributed by atoms with Crippen molar-refractivity contribution in [1.82, 2.24) is 15.1 Å². The topological polar surface area (TPSA) is 73.0 Å². The monoisotopic (exact) mass is 350 g/mol. The molecule has 1 atom stereocenters. The van der Waals surface area contributed by atoms with E-state index in [2.05, 4.69) is 10.2 Å². The third kappa shape index (κ3) is 3.03. The number of piperazine rings is 1. The van der Waals surface area contributed by atoms with Crippen LogP contribution in [0.3, 0.4) is 0 Å². The molecule has 3 rings (SSSR count). The van der Waals surface area contributed by atoms with Crippen LogP contribution in [0.4, 0.5) is 10.5 Å². The van der Waals surface area contributed by atoms with Crippen LogP contribution in [0.1, 0.15) is 0 Å². The van der Waals surface area contributed by atoms with Crippen LogP contribution in [0.15, 0.2) is 24.3 Å². The number of nitrogens with zero attached hydrogens (tertiary/aromatic N) is 3. The lowest BCUT2D eigenvalue weighted by Gasteiger charge is -2.38. The van der Waals surface area contributed by atoms with Gasteiger partial charge in [0.25, 0.3) is 0 Å². The number of nitrogens with one attached hydrogen (secondary N) is 1. The van der Waals surface area contributed by atoms with Crippen LogP contribution in [0.2, 0.25) is 5.02 Å². The number of anilines is 1. The molecule has 128 valence electrons. The van der Waals surface area contributed by atoms with Gasteiger partial charge < -0.3 is 15.1 Å². The van der Waals surface area contributed by atoms with E-state index in [9.17, 15) is 14.4 Å². The number of para-hydroxylation sites is 1. The molecule has 0 aliphatic carbocycles. The van der Waals surface area contributed by atoms with Gasteiger partial charge in [0.15, 0.2) is 0 Å². The highest BCUT2D eigenvalue weighted by molar-refractivity contribution is 6.33. The van der Waals surface area contributed by atoms with E-state index in [1.165, 1.54) is 7.05 Å². The zero-order chi connectivity index (χ0) is 17.3. The average molecular weight is 351 g/mol. The second kappa shape index (κ2) is 6.68. The van der Waals surface area contributed by atoms with Gasteiger partial charge in [0, 0.05) is 39.8 Å². The summed E-state index contributed by atoms with van der Waals surface area (Å²) in [5.41, 5.74) is 0.951. The number of amides is 4. The Labute approximate surface area is 145 Å². The Morgan fingerprint density at radius 2 is 1.83 bits per heavy atom. The second-order valence-electron chi connectivity index (χ2n) is 5.90. The predicted molar refractivity (Wildman–Crippen MR) is 89.9 cm³/mol. The van der Waals surface area contributed by atoms with Crippen molar-refractivity contribution in [3.8, 4) is 0 Å². The molecule has 0 bridgehead atoms. The molecule has 24 heavy (non-hydrogen) atoms. The largest absolute Gasteiger partial charge is 0.367 e. The summed E-state index contributed by atoms with van der Waals surface area (Å²) in [4.78, 5) is 41.0. The Morgan fingerprint density at radius 3 is 2.50 bits per heavy atom. The van der Waals surface area contributed by atoms with E-state index in [0.29, 0.717) is 31.2 Å². The molecule has 8 heteroatoms. The van der Waals surface area contributed by atoms with Gasteiger partial charge in [0.05, 0.1) is 10.7 Å². The minimum Gasteiger partial charge on any atom is -0.367 e. The molecule has 1 aromatic rings. The smallest absolute Gasteiger partial charge is 0.323 e. The molecule has 0 radical (unpaired) electrons. The van der Waals surface area contributed by atoms with Crippen molar-refractivity contribution >= 4 is 35.1 Å². The summed E-state index contributed by atoms with van der Waals surface area (Å²) in [7, 11) is 1.38. The number of benzene rings is 1. The van der Waals surface area contributed by atoms with Gasteiger partial charge in [-0.1, -0.05) is 23.7 Å². The summed E-state index contributed by atoms with van der Waals surface area (Å²) in [6.45, 7) is 2.40. The molecule has 1 N–H and O–H groups in total. The Hall–Kier alpha value is -2.28.